The van der Waals surface area contributed by atoms with Gasteiger partial charge in [0.15, 0.2) is 0 Å². The third-order valence-corrected chi connectivity index (χ3v) is 2.08. The number of nitrogens with two attached hydrogens (primary N) is 1. The SMILES string of the molecule is CC(C)N(CC(N)=S)C(=O)c1cn[nH]c1. The van der Waals surface area contributed by atoms with Gasteiger partial charge in [0, 0.05) is 12.2 Å². The zero-order chi connectivity index (χ0) is 11.4. The summed E-state index contributed by atoms with van der Waals surface area (Å²) in [6.07, 6.45) is 3.04. The van der Waals surface area contributed by atoms with Crippen molar-refractivity contribution in [3.63, 3.8) is 0 Å². The van der Waals surface area contributed by atoms with Crippen LogP contribution >= 0.6 is 12.2 Å². The van der Waals surface area contributed by atoms with E-state index in [0.717, 1.165) is 0 Å². The smallest absolute Gasteiger partial charge is 0.257 e. The number of amides is 1. The molecule has 0 atom stereocenters. The lowest BCUT2D eigenvalue weighted by molar-refractivity contribution is 0.0736. The standard InChI is InChI=1S/C9H14N4OS/c1-6(2)13(5-8(10)15)9(14)7-3-11-12-4-7/h3-4,6H,5H2,1-2H3,(H2,10,15)(H,11,12). The minimum Gasteiger partial charge on any atom is -0.392 e. The molecule has 0 saturated heterocycles. The van der Waals surface area contributed by atoms with Crippen molar-refractivity contribution in [2.75, 3.05) is 6.54 Å². The second-order valence-corrected chi connectivity index (χ2v) is 4.00. The van der Waals surface area contributed by atoms with E-state index >= 15 is 0 Å². The molecule has 0 aliphatic carbocycles. The van der Waals surface area contributed by atoms with Crippen LogP contribution in [0.3, 0.4) is 0 Å². The summed E-state index contributed by atoms with van der Waals surface area (Å²) in [5, 5.41) is 6.32. The summed E-state index contributed by atoms with van der Waals surface area (Å²) in [6, 6.07) is 0.0499. The van der Waals surface area contributed by atoms with Gasteiger partial charge in [-0.1, -0.05) is 12.2 Å². The van der Waals surface area contributed by atoms with Crippen LogP contribution in [-0.2, 0) is 0 Å². The van der Waals surface area contributed by atoms with Crippen molar-refractivity contribution in [2.45, 2.75) is 19.9 Å². The lowest BCUT2D eigenvalue weighted by Crippen LogP contribution is -2.42. The van der Waals surface area contributed by atoms with Gasteiger partial charge in [0.05, 0.1) is 23.3 Å². The zero-order valence-electron chi connectivity index (χ0n) is 8.73. The van der Waals surface area contributed by atoms with Crippen LogP contribution in [0.25, 0.3) is 0 Å². The number of hydrogen-bond acceptors (Lipinski definition) is 3. The molecule has 1 rings (SSSR count). The van der Waals surface area contributed by atoms with Gasteiger partial charge >= 0.3 is 0 Å². The molecule has 0 aliphatic rings. The van der Waals surface area contributed by atoms with Crippen molar-refractivity contribution in [3.8, 4) is 0 Å². The third kappa shape index (κ3) is 3.02. The summed E-state index contributed by atoms with van der Waals surface area (Å²) >= 11 is 4.80. The van der Waals surface area contributed by atoms with Crippen LogP contribution in [0, 0.1) is 0 Å². The van der Waals surface area contributed by atoms with Gasteiger partial charge in [-0.25, -0.2) is 0 Å². The maximum absolute atomic E-state index is 11.9. The molecular formula is C9H14N4OS. The maximum atomic E-state index is 11.9. The van der Waals surface area contributed by atoms with Crippen molar-refractivity contribution in [1.29, 1.82) is 0 Å². The molecule has 0 unspecified atom stereocenters. The van der Waals surface area contributed by atoms with E-state index in [1.165, 1.54) is 6.20 Å². The molecule has 1 amide bonds. The number of rotatable bonds is 4. The Morgan fingerprint density at radius 3 is 2.80 bits per heavy atom. The van der Waals surface area contributed by atoms with E-state index in [0.29, 0.717) is 10.6 Å². The largest absolute Gasteiger partial charge is 0.392 e. The average Bonchev–Trinajstić information content (AvgIpc) is 2.65. The Kier molecular flexibility index (Phi) is 3.79. The van der Waals surface area contributed by atoms with E-state index in [9.17, 15) is 4.79 Å². The van der Waals surface area contributed by atoms with E-state index in [2.05, 4.69) is 10.2 Å². The first-order chi connectivity index (χ1) is 7.02. The average molecular weight is 226 g/mol. The topological polar surface area (TPSA) is 75.0 Å². The molecule has 0 saturated carbocycles. The number of H-pyrrole nitrogens is 1. The summed E-state index contributed by atoms with van der Waals surface area (Å²) in [4.78, 5) is 13.8. The fourth-order valence-corrected chi connectivity index (χ4v) is 1.33. The van der Waals surface area contributed by atoms with E-state index in [1.807, 2.05) is 13.8 Å². The minimum atomic E-state index is -0.119. The lowest BCUT2D eigenvalue weighted by atomic mass is 10.2. The van der Waals surface area contributed by atoms with Gasteiger partial charge in [0.1, 0.15) is 0 Å². The molecular weight excluding hydrogens is 212 g/mol. The van der Waals surface area contributed by atoms with Crippen molar-refractivity contribution in [1.82, 2.24) is 15.1 Å². The third-order valence-electron chi connectivity index (χ3n) is 1.96. The quantitative estimate of drug-likeness (QED) is 0.735. The van der Waals surface area contributed by atoms with Gasteiger partial charge in [-0.15, -0.1) is 0 Å². The molecule has 5 nitrogen and oxygen atoms in total. The second-order valence-electron chi connectivity index (χ2n) is 3.48. The first-order valence-electron chi connectivity index (χ1n) is 4.60. The number of carbonyl (C=O) groups excluding carboxylic acids is 1. The molecule has 0 radical (unpaired) electrons. The van der Waals surface area contributed by atoms with Crippen LogP contribution in [-0.4, -0.2) is 38.6 Å². The Morgan fingerprint density at radius 2 is 2.40 bits per heavy atom. The monoisotopic (exact) mass is 226 g/mol. The molecule has 82 valence electrons. The molecule has 1 aromatic heterocycles. The first kappa shape index (κ1) is 11.6. The Labute approximate surface area is 93.6 Å². The van der Waals surface area contributed by atoms with Gasteiger partial charge in [0.2, 0.25) is 0 Å². The first-order valence-corrected chi connectivity index (χ1v) is 5.01. The molecule has 0 fully saturated rings. The number of aromatic amines is 1. The zero-order valence-corrected chi connectivity index (χ0v) is 9.54. The molecule has 0 bridgehead atoms. The maximum Gasteiger partial charge on any atom is 0.257 e. The number of aromatic nitrogens is 2. The summed E-state index contributed by atoms with van der Waals surface area (Å²) in [7, 11) is 0. The predicted octanol–water partition coefficient (Wildman–Crippen LogP) is 0.546. The Hall–Kier alpha value is -1.43. The summed E-state index contributed by atoms with van der Waals surface area (Å²) in [5.41, 5.74) is 5.95. The van der Waals surface area contributed by atoms with Crippen molar-refractivity contribution in [3.05, 3.63) is 18.0 Å². The highest BCUT2D eigenvalue weighted by Crippen LogP contribution is 2.06. The fraction of sp³-hybridized carbons (Fsp3) is 0.444. The van der Waals surface area contributed by atoms with Crippen molar-refractivity contribution >= 4 is 23.1 Å². The molecule has 15 heavy (non-hydrogen) atoms. The molecule has 1 aromatic rings. The number of carbonyl (C=O) groups is 1. The van der Waals surface area contributed by atoms with E-state index in [-0.39, 0.29) is 18.5 Å². The number of thiocarbonyl (C=S) groups is 1. The van der Waals surface area contributed by atoms with Crippen LogP contribution < -0.4 is 5.73 Å². The Bertz CT molecular complexity index is 347. The van der Waals surface area contributed by atoms with Crippen LogP contribution in [0.15, 0.2) is 12.4 Å². The normalized spacial score (nSPS) is 10.3. The minimum absolute atomic E-state index is 0.0499. The van der Waals surface area contributed by atoms with E-state index in [4.69, 9.17) is 18.0 Å². The van der Waals surface area contributed by atoms with Crippen molar-refractivity contribution in [2.24, 2.45) is 5.73 Å². The summed E-state index contributed by atoms with van der Waals surface area (Å²) in [5.74, 6) is -0.119. The predicted molar refractivity (Wildman–Crippen MR) is 61.5 cm³/mol. The number of nitrogens with one attached hydrogen (secondary N) is 1. The van der Waals surface area contributed by atoms with Crippen LogP contribution in [0.4, 0.5) is 0 Å². The van der Waals surface area contributed by atoms with Gasteiger partial charge in [0.25, 0.3) is 5.91 Å². The Balaban J connectivity index is 2.81. The van der Waals surface area contributed by atoms with Gasteiger partial charge < -0.3 is 10.6 Å². The van der Waals surface area contributed by atoms with Crippen molar-refractivity contribution < 1.29 is 4.79 Å². The highest BCUT2D eigenvalue weighted by Gasteiger charge is 2.19. The second kappa shape index (κ2) is 4.88. The molecule has 1 heterocycles. The van der Waals surface area contributed by atoms with Gasteiger partial charge in [-0.2, -0.15) is 5.10 Å². The summed E-state index contributed by atoms with van der Waals surface area (Å²) < 4.78 is 0. The number of hydrogen-bond donors (Lipinski definition) is 2. The highest BCUT2D eigenvalue weighted by molar-refractivity contribution is 7.80. The fourth-order valence-electron chi connectivity index (χ4n) is 1.19. The van der Waals surface area contributed by atoms with E-state index < -0.39 is 0 Å². The van der Waals surface area contributed by atoms with Crippen LogP contribution in [0.5, 0.6) is 0 Å². The highest BCUT2D eigenvalue weighted by atomic mass is 32.1. The number of nitrogens with zero attached hydrogens (tertiary/aromatic N) is 2. The van der Waals surface area contributed by atoms with Gasteiger partial charge in [-0.05, 0) is 13.8 Å². The van der Waals surface area contributed by atoms with Crippen LogP contribution in [0.1, 0.15) is 24.2 Å². The van der Waals surface area contributed by atoms with E-state index in [1.54, 1.807) is 11.1 Å². The molecule has 0 aromatic carbocycles. The Morgan fingerprint density at radius 1 is 1.73 bits per heavy atom. The molecule has 0 spiro atoms. The van der Waals surface area contributed by atoms with Gasteiger partial charge in [-0.3, -0.25) is 9.89 Å². The van der Waals surface area contributed by atoms with Crippen LogP contribution in [0.2, 0.25) is 0 Å². The molecule has 0 aliphatic heterocycles. The lowest BCUT2D eigenvalue weighted by Gasteiger charge is -2.25. The molecule has 3 N–H and O–H groups in total. The molecule has 6 heteroatoms. The summed E-state index contributed by atoms with van der Waals surface area (Å²) in [6.45, 7) is 4.11.